The Morgan fingerprint density at radius 2 is 2.06 bits per heavy atom. The Morgan fingerprint density at radius 3 is 2.61 bits per heavy atom. The molecule has 1 unspecified atom stereocenters. The smallest absolute Gasteiger partial charge is 0.323 e. The van der Waals surface area contributed by atoms with Crippen molar-refractivity contribution in [3.05, 3.63) is 29.8 Å². The number of carbonyl (C=O) groups is 1. The largest absolute Gasteiger partial charge is 0.480 e. The van der Waals surface area contributed by atoms with Gasteiger partial charge in [-0.3, -0.25) is 4.79 Å². The van der Waals surface area contributed by atoms with Gasteiger partial charge in [-0.05, 0) is 38.3 Å². The quantitative estimate of drug-likeness (QED) is 0.810. The molecule has 18 heavy (non-hydrogen) atoms. The van der Waals surface area contributed by atoms with Crippen LogP contribution in [0.25, 0.3) is 0 Å². The Morgan fingerprint density at radius 1 is 1.44 bits per heavy atom. The minimum atomic E-state index is -1.13. The molecule has 0 spiro atoms. The van der Waals surface area contributed by atoms with E-state index in [0.29, 0.717) is 6.42 Å². The minimum absolute atomic E-state index is 0.471. The predicted octanol–water partition coefficient (Wildman–Crippen LogP) is 2.01. The van der Waals surface area contributed by atoms with Gasteiger partial charge in [-0.25, -0.2) is 0 Å². The first-order valence-corrected chi connectivity index (χ1v) is 6.13. The Labute approximate surface area is 108 Å². The second-order valence-corrected chi connectivity index (χ2v) is 5.03. The lowest BCUT2D eigenvalue weighted by atomic mass is 9.97. The molecule has 0 bridgehead atoms. The van der Waals surface area contributed by atoms with Gasteiger partial charge >= 0.3 is 5.97 Å². The van der Waals surface area contributed by atoms with Crippen LogP contribution < -0.4 is 10.6 Å². The highest BCUT2D eigenvalue weighted by molar-refractivity contribution is 5.77. The van der Waals surface area contributed by atoms with E-state index in [2.05, 4.69) is 24.0 Å². The molecule has 0 aliphatic carbocycles. The van der Waals surface area contributed by atoms with Crippen molar-refractivity contribution >= 4 is 11.7 Å². The molecule has 0 fully saturated rings. The molecule has 1 rings (SSSR count). The van der Waals surface area contributed by atoms with Gasteiger partial charge in [0.15, 0.2) is 0 Å². The third-order valence-corrected chi connectivity index (χ3v) is 3.20. The molecular weight excluding hydrogens is 228 g/mol. The number of para-hydroxylation sites is 1. The molecule has 1 atom stereocenters. The van der Waals surface area contributed by atoms with Gasteiger partial charge in [0.25, 0.3) is 0 Å². The van der Waals surface area contributed by atoms with Crippen LogP contribution in [0.3, 0.4) is 0 Å². The van der Waals surface area contributed by atoms with Gasteiger partial charge in [-0.2, -0.15) is 0 Å². The van der Waals surface area contributed by atoms with E-state index in [1.54, 1.807) is 6.92 Å². The molecule has 0 radical (unpaired) electrons. The second kappa shape index (κ2) is 5.87. The number of nitrogens with zero attached hydrogens (tertiary/aromatic N) is 1. The molecular formula is C14H22N2O2. The highest BCUT2D eigenvalue weighted by Gasteiger charge is 2.27. The number of aryl methyl sites for hydroxylation is 1. The summed E-state index contributed by atoms with van der Waals surface area (Å²) in [6.07, 6.45) is 1.22. The van der Waals surface area contributed by atoms with Gasteiger partial charge in [0.1, 0.15) is 5.54 Å². The molecule has 0 saturated heterocycles. The van der Waals surface area contributed by atoms with Crippen LogP contribution in [0.4, 0.5) is 5.69 Å². The molecule has 0 saturated carbocycles. The van der Waals surface area contributed by atoms with Crippen LogP contribution in [-0.4, -0.2) is 30.2 Å². The lowest BCUT2D eigenvalue weighted by Gasteiger charge is -2.24. The topological polar surface area (TPSA) is 66.6 Å². The predicted molar refractivity (Wildman–Crippen MR) is 73.9 cm³/mol. The van der Waals surface area contributed by atoms with Crippen LogP contribution >= 0.6 is 0 Å². The molecule has 0 aliphatic heterocycles. The van der Waals surface area contributed by atoms with E-state index in [9.17, 15) is 4.79 Å². The number of benzene rings is 1. The number of anilines is 1. The first-order chi connectivity index (χ1) is 8.34. The Kier molecular flexibility index (Phi) is 4.73. The zero-order valence-electron chi connectivity index (χ0n) is 11.3. The van der Waals surface area contributed by atoms with Gasteiger partial charge in [0.05, 0.1) is 0 Å². The van der Waals surface area contributed by atoms with Crippen LogP contribution in [0.1, 0.15) is 25.3 Å². The Hall–Kier alpha value is -1.55. The fraction of sp³-hybridized carbons (Fsp3) is 0.500. The zero-order valence-corrected chi connectivity index (χ0v) is 11.3. The summed E-state index contributed by atoms with van der Waals surface area (Å²) in [6.45, 7) is 4.42. The van der Waals surface area contributed by atoms with Crippen molar-refractivity contribution in [2.75, 3.05) is 18.5 Å². The monoisotopic (exact) mass is 250 g/mol. The molecule has 0 aromatic heterocycles. The van der Waals surface area contributed by atoms with Crippen LogP contribution in [0, 0.1) is 6.92 Å². The zero-order chi connectivity index (χ0) is 13.8. The van der Waals surface area contributed by atoms with E-state index in [4.69, 9.17) is 10.8 Å². The molecule has 0 amide bonds. The summed E-state index contributed by atoms with van der Waals surface area (Å²) in [5.74, 6) is -0.943. The van der Waals surface area contributed by atoms with Gasteiger partial charge < -0.3 is 15.7 Å². The lowest BCUT2D eigenvalue weighted by molar-refractivity contribution is -0.142. The van der Waals surface area contributed by atoms with E-state index in [-0.39, 0.29) is 0 Å². The molecule has 0 heterocycles. The molecule has 4 nitrogen and oxygen atoms in total. The summed E-state index contributed by atoms with van der Waals surface area (Å²) in [7, 11) is 2.01. The van der Waals surface area contributed by atoms with E-state index in [1.165, 1.54) is 11.3 Å². The van der Waals surface area contributed by atoms with E-state index < -0.39 is 11.5 Å². The molecule has 4 heteroatoms. The first kappa shape index (κ1) is 14.5. The summed E-state index contributed by atoms with van der Waals surface area (Å²) in [5, 5.41) is 8.93. The number of carboxylic acid groups (broad SMARTS) is 1. The standard InChI is InChI=1S/C14H22N2O2/c1-11-7-4-5-8-12(11)16(3)10-6-9-14(2,15)13(17)18/h4-5,7-8H,6,9-10,15H2,1-3H3,(H,17,18). The number of rotatable bonds is 6. The first-order valence-electron chi connectivity index (χ1n) is 6.13. The van der Waals surface area contributed by atoms with Gasteiger partial charge in [0, 0.05) is 19.3 Å². The van der Waals surface area contributed by atoms with E-state index >= 15 is 0 Å². The summed E-state index contributed by atoms with van der Waals surface area (Å²) >= 11 is 0. The summed E-state index contributed by atoms with van der Waals surface area (Å²) < 4.78 is 0. The van der Waals surface area contributed by atoms with Crippen molar-refractivity contribution in [1.82, 2.24) is 0 Å². The summed E-state index contributed by atoms with van der Waals surface area (Å²) in [4.78, 5) is 13.0. The highest BCUT2D eigenvalue weighted by Crippen LogP contribution is 2.19. The van der Waals surface area contributed by atoms with Crippen LogP contribution in [0.15, 0.2) is 24.3 Å². The van der Waals surface area contributed by atoms with Crippen LogP contribution in [0.2, 0.25) is 0 Å². The van der Waals surface area contributed by atoms with Crippen molar-refractivity contribution in [2.45, 2.75) is 32.2 Å². The van der Waals surface area contributed by atoms with Gasteiger partial charge in [-0.15, -0.1) is 0 Å². The molecule has 1 aromatic rings. The number of hydrogen-bond acceptors (Lipinski definition) is 3. The molecule has 3 N–H and O–H groups in total. The molecule has 1 aromatic carbocycles. The fourth-order valence-corrected chi connectivity index (χ4v) is 1.90. The average molecular weight is 250 g/mol. The minimum Gasteiger partial charge on any atom is -0.480 e. The van der Waals surface area contributed by atoms with Crippen molar-refractivity contribution in [1.29, 1.82) is 0 Å². The van der Waals surface area contributed by atoms with Crippen molar-refractivity contribution < 1.29 is 9.90 Å². The number of carboxylic acids is 1. The Bertz CT molecular complexity index is 416. The molecule has 100 valence electrons. The summed E-state index contributed by atoms with van der Waals surface area (Å²) in [5.41, 5.74) is 6.95. The van der Waals surface area contributed by atoms with Crippen molar-refractivity contribution in [3.63, 3.8) is 0 Å². The maximum atomic E-state index is 10.9. The van der Waals surface area contributed by atoms with Crippen molar-refractivity contribution in [2.24, 2.45) is 5.73 Å². The number of hydrogen-bond donors (Lipinski definition) is 2. The third kappa shape index (κ3) is 3.74. The van der Waals surface area contributed by atoms with Crippen LogP contribution in [-0.2, 0) is 4.79 Å². The maximum absolute atomic E-state index is 10.9. The number of aliphatic carboxylic acids is 1. The SMILES string of the molecule is Cc1ccccc1N(C)CCCC(C)(N)C(=O)O. The number of nitrogens with two attached hydrogens (primary N) is 1. The fourth-order valence-electron chi connectivity index (χ4n) is 1.90. The second-order valence-electron chi connectivity index (χ2n) is 5.03. The highest BCUT2D eigenvalue weighted by atomic mass is 16.4. The van der Waals surface area contributed by atoms with E-state index in [0.717, 1.165) is 13.0 Å². The van der Waals surface area contributed by atoms with Gasteiger partial charge in [0.2, 0.25) is 0 Å². The van der Waals surface area contributed by atoms with Crippen LogP contribution in [0.5, 0.6) is 0 Å². The van der Waals surface area contributed by atoms with Gasteiger partial charge in [-0.1, -0.05) is 18.2 Å². The normalized spacial score (nSPS) is 14.0. The summed E-state index contributed by atoms with van der Waals surface area (Å²) in [6, 6.07) is 8.14. The third-order valence-electron chi connectivity index (χ3n) is 3.20. The molecule has 0 aliphatic rings. The maximum Gasteiger partial charge on any atom is 0.323 e. The average Bonchev–Trinajstić information content (AvgIpc) is 2.29. The lowest BCUT2D eigenvalue weighted by Crippen LogP contribution is -2.45. The van der Waals surface area contributed by atoms with E-state index in [1.807, 2.05) is 19.2 Å². The Balaban J connectivity index is 2.50. The van der Waals surface area contributed by atoms with Crippen molar-refractivity contribution in [3.8, 4) is 0 Å².